The zero-order chi connectivity index (χ0) is 20.4. The zero-order valence-corrected chi connectivity index (χ0v) is 16.6. The van der Waals surface area contributed by atoms with Crippen LogP contribution >= 0.6 is 11.6 Å². The number of halogens is 2. The van der Waals surface area contributed by atoms with E-state index in [1.165, 1.54) is 12.1 Å². The number of aromatic amines is 1. The number of H-pyrrole nitrogens is 1. The molecule has 0 saturated carbocycles. The summed E-state index contributed by atoms with van der Waals surface area (Å²) in [6.45, 7) is 2.24. The molecule has 29 heavy (non-hydrogen) atoms. The minimum atomic E-state index is -0.373. The van der Waals surface area contributed by atoms with Gasteiger partial charge in [-0.15, -0.1) is 0 Å². The predicted molar refractivity (Wildman–Crippen MR) is 113 cm³/mol. The van der Waals surface area contributed by atoms with Crippen LogP contribution in [0.3, 0.4) is 0 Å². The molecule has 4 rings (SSSR count). The van der Waals surface area contributed by atoms with Gasteiger partial charge in [0, 0.05) is 28.2 Å². The smallest absolute Gasteiger partial charge is 0.138 e. The molecule has 5 nitrogen and oxygen atoms in total. The van der Waals surface area contributed by atoms with Crippen LogP contribution in [0.5, 0.6) is 5.75 Å². The molecule has 0 spiro atoms. The summed E-state index contributed by atoms with van der Waals surface area (Å²) < 4.78 is 19.3. The van der Waals surface area contributed by atoms with E-state index in [2.05, 4.69) is 21.2 Å². The van der Waals surface area contributed by atoms with Crippen LogP contribution in [-0.2, 0) is 6.42 Å². The topological polar surface area (TPSA) is 76.8 Å². The second kappa shape index (κ2) is 8.19. The number of benzene rings is 2. The first kappa shape index (κ1) is 19.4. The van der Waals surface area contributed by atoms with Crippen molar-refractivity contribution in [2.24, 2.45) is 5.73 Å². The standard InChI is InChI=1S/C22H20ClFN4O/c1-13-21-8-15(2-3-22(21)28-27-13)16-7-20(11-26-10-16)29-12-19(25)6-14-4-17(23)9-18(24)5-14/h2-5,7-11,19H,6,12,25H2,1H3,(H,27,28)/t19-/m0/s1. The molecule has 0 fully saturated rings. The maximum absolute atomic E-state index is 13.5. The van der Waals surface area contributed by atoms with E-state index in [9.17, 15) is 4.39 Å². The highest BCUT2D eigenvalue weighted by Gasteiger charge is 2.09. The highest BCUT2D eigenvalue weighted by atomic mass is 35.5. The lowest BCUT2D eigenvalue weighted by Gasteiger charge is -2.14. The molecule has 148 valence electrons. The monoisotopic (exact) mass is 410 g/mol. The Balaban J connectivity index is 1.45. The molecule has 2 heterocycles. The van der Waals surface area contributed by atoms with Gasteiger partial charge < -0.3 is 10.5 Å². The number of nitrogens with two attached hydrogens (primary N) is 1. The Labute approximate surface area is 172 Å². The number of aromatic nitrogens is 3. The molecule has 2 aromatic heterocycles. The van der Waals surface area contributed by atoms with Gasteiger partial charge in [0.25, 0.3) is 0 Å². The van der Waals surface area contributed by atoms with Crippen LogP contribution in [0.25, 0.3) is 22.0 Å². The van der Waals surface area contributed by atoms with Crippen LogP contribution in [0, 0.1) is 12.7 Å². The van der Waals surface area contributed by atoms with E-state index >= 15 is 0 Å². The summed E-state index contributed by atoms with van der Waals surface area (Å²) in [4.78, 5) is 4.28. The first-order chi connectivity index (χ1) is 14.0. The SMILES string of the molecule is Cc1n[nH]c2ccc(-c3cncc(OC[C@@H](N)Cc4cc(F)cc(Cl)c4)c3)cc12. The summed E-state index contributed by atoms with van der Waals surface area (Å²) in [5.41, 5.74) is 10.8. The van der Waals surface area contributed by atoms with Crippen molar-refractivity contribution in [1.82, 2.24) is 15.2 Å². The van der Waals surface area contributed by atoms with E-state index in [0.717, 1.165) is 33.3 Å². The Hall–Kier alpha value is -2.96. The number of ether oxygens (including phenoxy) is 1. The maximum atomic E-state index is 13.5. The Morgan fingerprint density at radius 2 is 2.00 bits per heavy atom. The van der Waals surface area contributed by atoms with Gasteiger partial charge in [0.2, 0.25) is 0 Å². The van der Waals surface area contributed by atoms with Gasteiger partial charge >= 0.3 is 0 Å². The van der Waals surface area contributed by atoms with Gasteiger partial charge in [-0.25, -0.2) is 4.39 Å². The van der Waals surface area contributed by atoms with E-state index in [1.807, 2.05) is 25.1 Å². The summed E-state index contributed by atoms with van der Waals surface area (Å²) in [5.74, 6) is 0.251. The fourth-order valence-electron chi connectivity index (χ4n) is 3.27. The van der Waals surface area contributed by atoms with Crippen molar-refractivity contribution < 1.29 is 9.13 Å². The Morgan fingerprint density at radius 3 is 2.83 bits per heavy atom. The van der Waals surface area contributed by atoms with E-state index in [-0.39, 0.29) is 18.5 Å². The van der Waals surface area contributed by atoms with E-state index in [1.54, 1.807) is 18.5 Å². The van der Waals surface area contributed by atoms with Crippen molar-refractivity contribution in [2.45, 2.75) is 19.4 Å². The lowest BCUT2D eigenvalue weighted by Crippen LogP contribution is -2.30. The summed E-state index contributed by atoms with van der Waals surface area (Å²) >= 11 is 5.89. The van der Waals surface area contributed by atoms with Crippen molar-refractivity contribution in [2.75, 3.05) is 6.61 Å². The van der Waals surface area contributed by atoms with E-state index in [0.29, 0.717) is 17.2 Å². The minimum absolute atomic E-state index is 0.277. The first-order valence-corrected chi connectivity index (χ1v) is 9.59. The van der Waals surface area contributed by atoms with Gasteiger partial charge in [0.15, 0.2) is 0 Å². The Bertz CT molecular complexity index is 1140. The first-order valence-electron chi connectivity index (χ1n) is 9.21. The number of pyridine rings is 1. The molecular weight excluding hydrogens is 391 g/mol. The molecule has 0 amide bonds. The largest absolute Gasteiger partial charge is 0.490 e. The fourth-order valence-corrected chi connectivity index (χ4v) is 3.52. The van der Waals surface area contributed by atoms with Crippen molar-refractivity contribution >= 4 is 22.5 Å². The Kier molecular flexibility index (Phi) is 5.47. The quantitative estimate of drug-likeness (QED) is 0.484. The molecule has 0 unspecified atom stereocenters. The molecule has 3 N–H and O–H groups in total. The molecule has 0 bridgehead atoms. The van der Waals surface area contributed by atoms with Crippen molar-refractivity contribution in [3.8, 4) is 16.9 Å². The number of hydrogen-bond acceptors (Lipinski definition) is 4. The molecular formula is C22H20ClFN4O. The van der Waals surface area contributed by atoms with Gasteiger partial charge in [-0.1, -0.05) is 17.7 Å². The number of rotatable bonds is 6. The van der Waals surface area contributed by atoms with Crippen molar-refractivity contribution in [3.63, 3.8) is 0 Å². The van der Waals surface area contributed by atoms with Gasteiger partial charge in [-0.3, -0.25) is 10.1 Å². The zero-order valence-electron chi connectivity index (χ0n) is 15.8. The molecule has 0 aliphatic rings. The van der Waals surface area contributed by atoms with Crippen LogP contribution in [0.4, 0.5) is 4.39 Å². The number of nitrogens with zero attached hydrogens (tertiary/aromatic N) is 2. The molecule has 1 atom stereocenters. The van der Waals surface area contributed by atoms with Gasteiger partial charge in [0.05, 0.1) is 17.4 Å². The molecule has 0 aliphatic heterocycles. The second-order valence-electron chi connectivity index (χ2n) is 7.03. The molecule has 0 radical (unpaired) electrons. The Morgan fingerprint density at radius 1 is 1.14 bits per heavy atom. The van der Waals surface area contributed by atoms with Crippen LogP contribution in [-0.4, -0.2) is 27.8 Å². The maximum Gasteiger partial charge on any atom is 0.138 e. The number of aryl methyl sites for hydroxylation is 1. The number of hydrogen-bond donors (Lipinski definition) is 2. The average molecular weight is 411 g/mol. The molecule has 0 saturated heterocycles. The van der Waals surface area contributed by atoms with Crippen molar-refractivity contribution in [1.29, 1.82) is 0 Å². The molecule has 4 aromatic rings. The van der Waals surface area contributed by atoms with Crippen LogP contribution in [0.2, 0.25) is 5.02 Å². The molecule has 0 aliphatic carbocycles. The van der Waals surface area contributed by atoms with Crippen LogP contribution < -0.4 is 10.5 Å². The van der Waals surface area contributed by atoms with Crippen LogP contribution in [0.1, 0.15) is 11.3 Å². The summed E-state index contributed by atoms with van der Waals surface area (Å²) in [7, 11) is 0. The lowest BCUT2D eigenvalue weighted by molar-refractivity contribution is 0.286. The summed E-state index contributed by atoms with van der Waals surface area (Å²) in [6, 6.07) is 12.1. The summed E-state index contributed by atoms with van der Waals surface area (Å²) in [5, 5.41) is 8.66. The second-order valence-corrected chi connectivity index (χ2v) is 7.47. The van der Waals surface area contributed by atoms with Crippen molar-refractivity contribution in [3.05, 3.63) is 77.0 Å². The average Bonchev–Trinajstić information content (AvgIpc) is 3.06. The predicted octanol–water partition coefficient (Wildman–Crippen LogP) is 4.67. The number of nitrogens with one attached hydrogen (secondary N) is 1. The highest BCUT2D eigenvalue weighted by Crippen LogP contribution is 2.27. The highest BCUT2D eigenvalue weighted by molar-refractivity contribution is 6.30. The lowest BCUT2D eigenvalue weighted by atomic mass is 10.0. The third-order valence-corrected chi connectivity index (χ3v) is 4.90. The molecule has 2 aromatic carbocycles. The fraction of sp³-hybridized carbons (Fsp3) is 0.182. The normalized spacial score (nSPS) is 12.3. The van der Waals surface area contributed by atoms with Gasteiger partial charge in [-0.05, 0) is 60.9 Å². The van der Waals surface area contributed by atoms with Gasteiger partial charge in [-0.2, -0.15) is 5.10 Å². The minimum Gasteiger partial charge on any atom is -0.490 e. The van der Waals surface area contributed by atoms with Crippen LogP contribution in [0.15, 0.2) is 54.9 Å². The third-order valence-electron chi connectivity index (χ3n) is 4.68. The third kappa shape index (κ3) is 4.55. The van der Waals surface area contributed by atoms with E-state index < -0.39 is 0 Å². The molecule has 7 heteroatoms. The van der Waals surface area contributed by atoms with Gasteiger partial charge in [0.1, 0.15) is 18.2 Å². The van der Waals surface area contributed by atoms with E-state index in [4.69, 9.17) is 22.1 Å². The summed E-state index contributed by atoms with van der Waals surface area (Å²) in [6.07, 6.45) is 3.90. The number of fused-ring (bicyclic) bond motifs is 1.